The Kier molecular flexibility index (Phi) is 3.60. The Morgan fingerprint density at radius 2 is 2.06 bits per heavy atom. The lowest BCUT2D eigenvalue weighted by Gasteiger charge is -2.26. The highest BCUT2D eigenvalue weighted by Gasteiger charge is 2.23. The molecule has 0 fully saturated rings. The molecule has 0 amide bonds. The fourth-order valence-corrected chi connectivity index (χ4v) is 1.74. The van der Waals surface area contributed by atoms with Crippen molar-refractivity contribution >= 4 is 11.7 Å². The molecular weight excluding hydrogens is 214 g/mol. The Morgan fingerprint density at radius 1 is 1.29 bits per heavy atom. The summed E-state index contributed by atoms with van der Waals surface area (Å²) < 4.78 is 5.24. The Hall–Kier alpha value is -2.03. The molecule has 0 saturated heterocycles. The lowest BCUT2D eigenvalue weighted by molar-refractivity contribution is -0.142. The van der Waals surface area contributed by atoms with E-state index in [1.807, 2.05) is 55.5 Å². The molecule has 1 aliphatic heterocycles. The Labute approximate surface area is 101 Å². The molecule has 2 unspecified atom stereocenters. The van der Waals surface area contributed by atoms with E-state index in [4.69, 9.17) is 4.74 Å². The molecule has 0 spiro atoms. The molecule has 2 rings (SSSR count). The predicted molar refractivity (Wildman–Crippen MR) is 67.7 cm³/mol. The molecule has 1 aromatic carbocycles. The van der Waals surface area contributed by atoms with Crippen molar-refractivity contribution in [2.45, 2.75) is 19.1 Å². The third-order valence-corrected chi connectivity index (χ3v) is 2.54. The molecule has 1 N–H and O–H groups in total. The maximum Gasteiger partial charge on any atom is 0.331 e. The maximum atomic E-state index is 11.2. The minimum absolute atomic E-state index is 0.0219. The second kappa shape index (κ2) is 5.34. The highest BCUT2D eigenvalue weighted by Crippen LogP contribution is 2.16. The van der Waals surface area contributed by atoms with Gasteiger partial charge in [-0.2, -0.15) is 0 Å². The van der Waals surface area contributed by atoms with Gasteiger partial charge in [0.15, 0.2) is 0 Å². The van der Waals surface area contributed by atoms with E-state index >= 15 is 0 Å². The monoisotopic (exact) mass is 229 g/mol. The smallest absolute Gasteiger partial charge is 0.331 e. The Bertz CT molecular complexity index is 437. The third-order valence-electron chi connectivity index (χ3n) is 2.54. The van der Waals surface area contributed by atoms with Crippen molar-refractivity contribution in [2.24, 2.45) is 0 Å². The summed E-state index contributed by atoms with van der Waals surface area (Å²) in [4.78, 5) is 11.2. The fraction of sp³-hybridized carbons (Fsp3) is 0.214. The zero-order chi connectivity index (χ0) is 12.1. The topological polar surface area (TPSA) is 38.3 Å². The summed E-state index contributed by atoms with van der Waals surface area (Å²) in [5, 5.41) is 3.32. The van der Waals surface area contributed by atoms with Crippen molar-refractivity contribution in [2.75, 3.05) is 5.32 Å². The van der Waals surface area contributed by atoms with Crippen LogP contribution < -0.4 is 5.32 Å². The zero-order valence-electron chi connectivity index (χ0n) is 9.67. The molecule has 3 heteroatoms. The summed E-state index contributed by atoms with van der Waals surface area (Å²) in [6.07, 6.45) is 6.81. The van der Waals surface area contributed by atoms with Crippen LogP contribution in [0.25, 0.3) is 0 Å². The molecule has 1 heterocycles. The first-order valence-corrected chi connectivity index (χ1v) is 5.63. The Balaban J connectivity index is 2.13. The number of hydrogen-bond donors (Lipinski definition) is 1. The number of esters is 1. The minimum Gasteiger partial charge on any atom is -0.452 e. The van der Waals surface area contributed by atoms with E-state index in [1.165, 1.54) is 6.08 Å². The zero-order valence-corrected chi connectivity index (χ0v) is 9.67. The summed E-state index contributed by atoms with van der Waals surface area (Å²) in [6, 6.07) is 9.84. The van der Waals surface area contributed by atoms with Gasteiger partial charge in [-0.25, -0.2) is 4.79 Å². The van der Waals surface area contributed by atoms with E-state index in [0.717, 1.165) is 5.69 Å². The van der Waals surface area contributed by atoms with Crippen molar-refractivity contribution in [3.8, 4) is 0 Å². The van der Waals surface area contributed by atoms with E-state index in [1.54, 1.807) is 0 Å². The summed E-state index contributed by atoms with van der Waals surface area (Å²) in [5.41, 5.74) is 1.01. The second-order valence-corrected chi connectivity index (χ2v) is 3.82. The van der Waals surface area contributed by atoms with Gasteiger partial charge in [0, 0.05) is 11.8 Å². The molecule has 0 aromatic heterocycles. The van der Waals surface area contributed by atoms with Crippen molar-refractivity contribution in [3.05, 3.63) is 54.6 Å². The summed E-state index contributed by atoms with van der Waals surface area (Å²) in [5.74, 6) is -0.292. The number of nitrogens with one attached hydrogen (secondary N) is 1. The lowest BCUT2D eigenvalue weighted by Crippen LogP contribution is -2.37. The maximum absolute atomic E-state index is 11.2. The fourth-order valence-electron chi connectivity index (χ4n) is 1.74. The first-order valence-electron chi connectivity index (χ1n) is 5.63. The van der Waals surface area contributed by atoms with Gasteiger partial charge in [0.1, 0.15) is 6.10 Å². The average molecular weight is 229 g/mol. The first-order chi connectivity index (χ1) is 8.29. The number of hydrogen-bond acceptors (Lipinski definition) is 3. The predicted octanol–water partition coefficient (Wildman–Crippen LogP) is 2.52. The van der Waals surface area contributed by atoms with Crippen LogP contribution in [-0.2, 0) is 9.53 Å². The number of ether oxygens (including phenoxy) is 1. The third kappa shape index (κ3) is 2.97. The highest BCUT2D eigenvalue weighted by molar-refractivity contribution is 5.83. The van der Waals surface area contributed by atoms with Gasteiger partial charge in [-0.1, -0.05) is 30.4 Å². The molecule has 0 radical (unpaired) electrons. The SMILES string of the molecule is C/C=C/C1OC(=O)C=CC1Nc1ccccc1. The van der Waals surface area contributed by atoms with Gasteiger partial charge < -0.3 is 10.1 Å². The number of benzene rings is 1. The second-order valence-electron chi connectivity index (χ2n) is 3.82. The van der Waals surface area contributed by atoms with Gasteiger partial charge in [0.05, 0.1) is 6.04 Å². The first kappa shape index (κ1) is 11.5. The van der Waals surface area contributed by atoms with Crippen molar-refractivity contribution in [1.29, 1.82) is 0 Å². The van der Waals surface area contributed by atoms with Crippen molar-refractivity contribution < 1.29 is 9.53 Å². The number of allylic oxidation sites excluding steroid dienone is 1. The number of carbonyl (C=O) groups excluding carboxylic acids is 1. The summed E-state index contributed by atoms with van der Waals surface area (Å²) >= 11 is 0. The number of cyclic esters (lactones) is 1. The Morgan fingerprint density at radius 3 is 2.76 bits per heavy atom. The van der Waals surface area contributed by atoms with Crippen LogP contribution in [0, 0.1) is 0 Å². The lowest BCUT2D eigenvalue weighted by atomic mass is 10.1. The molecule has 2 atom stereocenters. The quantitative estimate of drug-likeness (QED) is 0.639. The summed E-state index contributed by atoms with van der Waals surface area (Å²) in [6.45, 7) is 1.91. The molecule has 0 aliphatic carbocycles. The number of rotatable bonds is 3. The average Bonchev–Trinajstić information content (AvgIpc) is 2.34. The van der Waals surface area contributed by atoms with E-state index < -0.39 is 0 Å². The van der Waals surface area contributed by atoms with Crippen LogP contribution in [0.3, 0.4) is 0 Å². The van der Waals surface area contributed by atoms with Crippen LogP contribution in [0.15, 0.2) is 54.6 Å². The van der Waals surface area contributed by atoms with Gasteiger partial charge >= 0.3 is 5.97 Å². The number of para-hydroxylation sites is 1. The molecule has 0 bridgehead atoms. The van der Waals surface area contributed by atoms with Gasteiger partial charge in [0.2, 0.25) is 0 Å². The van der Waals surface area contributed by atoms with Gasteiger partial charge in [-0.05, 0) is 25.1 Å². The largest absolute Gasteiger partial charge is 0.452 e. The van der Waals surface area contributed by atoms with Crippen LogP contribution in [0.2, 0.25) is 0 Å². The molecule has 0 saturated carbocycles. The molecule has 1 aromatic rings. The molecule has 1 aliphatic rings. The van der Waals surface area contributed by atoms with Crippen molar-refractivity contribution in [1.82, 2.24) is 0 Å². The van der Waals surface area contributed by atoms with Crippen LogP contribution in [0.5, 0.6) is 0 Å². The molecule has 17 heavy (non-hydrogen) atoms. The summed E-state index contributed by atoms with van der Waals surface area (Å²) in [7, 11) is 0. The highest BCUT2D eigenvalue weighted by atomic mass is 16.5. The van der Waals surface area contributed by atoms with Crippen molar-refractivity contribution in [3.63, 3.8) is 0 Å². The van der Waals surface area contributed by atoms with E-state index in [-0.39, 0.29) is 18.1 Å². The van der Waals surface area contributed by atoms with Gasteiger partial charge in [0.25, 0.3) is 0 Å². The van der Waals surface area contributed by atoms with Crippen LogP contribution >= 0.6 is 0 Å². The molecule has 88 valence electrons. The van der Waals surface area contributed by atoms with Crippen LogP contribution in [-0.4, -0.2) is 18.1 Å². The normalized spacial score (nSPS) is 23.7. The molecule has 3 nitrogen and oxygen atoms in total. The van der Waals surface area contributed by atoms with Crippen LogP contribution in [0.4, 0.5) is 5.69 Å². The van der Waals surface area contributed by atoms with E-state index in [2.05, 4.69) is 5.32 Å². The standard InChI is InChI=1S/C14H15NO2/c1-2-6-13-12(9-10-14(16)17-13)15-11-7-4-3-5-8-11/h2-10,12-13,15H,1H3/b6-2+. The van der Waals surface area contributed by atoms with Crippen LogP contribution in [0.1, 0.15) is 6.92 Å². The van der Waals surface area contributed by atoms with E-state index in [9.17, 15) is 4.79 Å². The minimum atomic E-state index is -0.292. The number of anilines is 1. The molecular formula is C14H15NO2. The van der Waals surface area contributed by atoms with Gasteiger partial charge in [-0.3, -0.25) is 0 Å². The van der Waals surface area contributed by atoms with Gasteiger partial charge in [-0.15, -0.1) is 0 Å². The van der Waals surface area contributed by atoms with E-state index in [0.29, 0.717) is 0 Å². The number of carbonyl (C=O) groups is 1.